The third-order valence-corrected chi connectivity index (χ3v) is 4.67. The molecule has 3 amide bonds. The van der Waals surface area contributed by atoms with Crippen LogP contribution in [0.25, 0.3) is 5.69 Å². The smallest absolute Gasteiger partial charge is 0.324 e. The van der Waals surface area contributed by atoms with Crippen LogP contribution in [-0.4, -0.2) is 45.2 Å². The first-order valence-corrected chi connectivity index (χ1v) is 8.43. The second-order valence-electron chi connectivity index (χ2n) is 4.61. The Labute approximate surface area is 140 Å². The van der Waals surface area contributed by atoms with Crippen LogP contribution >= 0.6 is 27.7 Å². The monoisotopic (exact) mass is 380 g/mol. The number of aromatic nitrogens is 2. The molecule has 8 heteroatoms. The molecule has 0 saturated carbocycles. The Kier molecular flexibility index (Phi) is 4.49. The van der Waals surface area contributed by atoms with Gasteiger partial charge in [-0.2, -0.15) is 0 Å². The van der Waals surface area contributed by atoms with Crippen LogP contribution in [0.15, 0.2) is 46.3 Å². The number of benzene rings is 1. The Morgan fingerprint density at radius 1 is 1.27 bits per heavy atom. The standard InChI is InChI=1S/C14H13BrN4O2S/c15-10-1-3-11(4-2-10)18-6-5-16-14(18)22-8-7-19-12(20)9-17-13(19)21/h1-6H,7-9H2,(H,17,21). The molecule has 1 aromatic carbocycles. The third-order valence-electron chi connectivity index (χ3n) is 3.19. The third kappa shape index (κ3) is 3.17. The topological polar surface area (TPSA) is 67.2 Å². The highest BCUT2D eigenvalue weighted by Crippen LogP contribution is 2.22. The molecule has 114 valence electrons. The van der Waals surface area contributed by atoms with Crippen molar-refractivity contribution in [3.05, 3.63) is 41.1 Å². The van der Waals surface area contributed by atoms with Crippen LogP contribution in [0.2, 0.25) is 0 Å². The van der Waals surface area contributed by atoms with Gasteiger partial charge in [-0.15, -0.1) is 0 Å². The Morgan fingerprint density at radius 3 is 2.73 bits per heavy atom. The molecule has 3 rings (SSSR count). The van der Waals surface area contributed by atoms with Crippen molar-refractivity contribution in [2.75, 3.05) is 18.8 Å². The summed E-state index contributed by atoms with van der Waals surface area (Å²) >= 11 is 4.92. The van der Waals surface area contributed by atoms with E-state index in [2.05, 4.69) is 26.2 Å². The molecule has 2 heterocycles. The van der Waals surface area contributed by atoms with Crippen LogP contribution in [0.3, 0.4) is 0 Å². The summed E-state index contributed by atoms with van der Waals surface area (Å²) in [7, 11) is 0. The van der Waals surface area contributed by atoms with Gasteiger partial charge in [0.25, 0.3) is 0 Å². The van der Waals surface area contributed by atoms with E-state index >= 15 is 0 Å². The van der Waals surface area contributed by atoms with E-state index in [1.165, 1.54) is 16.7 Å². The second-order valence-corrected chi connectivity index (χ2v) is 6.59. The number of urea groups is 1. The van der Waals surface area contributed by atoms with Gasteiger partial charge in [-0.25, -0.2) is 9.78 Å². The molecule has 1 aromatic heterocycles. The van der Waals surface area contributed by atoms with Crippen molar-refractivity contribution in [1.82, 2.24) is 19.8 Å². The number of nitrogens with one attached hydrogen (secondary N) is 1. The van der Waals surface area contributed by atoms with E-state index in [0.717, 1.165) is 15.3 Å². The van der Waals surface area contributed by atoms with Crippen LogP contribution in [0, 0.1) is 0 Å². The maximum absolute atomic E-state index is 11.5. The average molecular weight is 381 g/mol. The van der Waals surface area contributed by atoms with E-state index in [0.29, 0.717) is 12.3 Å². The van der Waals surface area contributed by atoms with Gasteiger partial charge in [0.15, 0.2) is 5.16 Å². The fraction of sp³-hybridized carbons (Fsp3) is 0.214. The highest BCUT2D eigenvalue weighted by atomic mass is 79.9. The number of imidazole rings is 1. The summed E-state index contributed by atoms with van der Waals surface area (Å²) in [5.74, 6) is 0.425. The predicted octanol–water partition coefficient (Wildman–Crippen LogP) is 2.28. The maximum Gasteiger partial charge on any atom is 0.324 e. The van der Waals surface area contributed by atoms with E-state index in [9.17, 15) is 9.59 Å². The van der Waals surface area contributed by atoms with Crippen LogP contribution in [-0.2, 0) is 4.79 Å². The largest absolute Gasteiger partial charge is 0.329 e. The number of carbonyl (C=O) groups excluding carboxylic acids is 2. The minimum absolute atomic E-state index is 0.0943. The Morgan fingerprint density at radius 2 is 2.05 bits per heavy atom. The molecule has 0 aliphatic carbocycles. The summed E-state index contributed by atoms with van der Waals surface area (Å²) in [6.07, 6.45) is 3.62. The Balaban J connectivity index is 1.64. The van der Waals surface area contributed by atoms with Crippen LogP contribution in [0.1, 0.15) is 0 Å². The average Bonchev–Trinajstić information content (AvgIpc) is 3.09. The van der Waals surface area contributed by atoms with Crippen LogP contribution < -0.4 is 5.32 Å². The van der Waals surface area contributed by atoms with E-state index in [1.54, 1.807) is 6.20 Å². The normalized spacial score (nSPS) is 14.5. The number of halogens is 1. The van der Waals surface area contributed by atoms with Gasteiger partial charge in [-0.3, -0.25) is 14.3 Å². The van der Waals surface area contributed by atoms with Gasteiger partial charge >= 0.3 is 6.03 Å². The highest BCUT2D eigenvalue weighted by Gasteiger charge is 2.27. The molecule has 0 radical (unpaired) electrons. The van der Waals surface area contributed by atoms with E-state index in [-0.39, 0.29) is 18.5 Å². The molecule has 0 bridgehead atoms. The molecule has 1 fully saturated rings. The molecular formula is C14H13BrN4O2S. The van der Waals surface area contributed by atoms with E-state index in [4.69, 9.17) is 0 Å². The molecule has 0 atom stereocenters. The molecule has 1 aliphatic rings. The van der Waals surface area contributed by atoms with Crippen molar-refractivity contribution in [1.29, 1.82) is 0 Å². The first-order valence-electron chi connectivity index (χ1n) is 6.65. The number of hydrogen-bond acceptors (Lipinski definition) is 4. The summed E-state index contributed by atoms with van der Waals surface area (Å²) in [6.45, 7) is 0.472. The zero-order valence-electron chi connectivity index (χ0n) is 11.5. The molecule has 0 unspecified atom stereocenters. The minimum Gasteiger partial charge on any atom is -0.329 e. The van der Waals surface area contributed by atoms with Gasteiger partial charge < -0.3 is 5.32 Å². The lowest BCUT2D eigenvalue weighted by Gasteiger charge is -2.12. The number of thioether (sulfide) groups is 1. The first-order chi connectivity index (χ1) is 10.6. The fourth-order valence-corrected chi connectivity index (χ4v) is 3.27. The summed E-state index contributed by atoms with van der Waals surface area (Å²) in [6, 6.07) is 7.61. The zero-order chi connectivity index (χ0) is 15.5. The molecule has 1 N–H and O–H groups in total. The minimum atomic E-state index is -0.318. The van der Waals surface area contributed by atoms with Crippen molar-refractivity contribution >= 4 is 39.6 Å². The van der Waals surface area contributed by atoms with Crippen molar-refractivity contribution < 1.29 is 9.59 Å². The zero-order valence-corrected chi connectivity index (χ0v) is 13.9. The van der Waals surface area contributed by atoms with Crippen molar-refractivity contribution in [3.63, 3.8) is 0 Å². The van der Waals surface area contributed by atoms with Gasteiger partial charge in [-0.1, -0.05) is 27.7 Å². The Hall–Kier alpha value is -1.80. The number of carbonyl (C=O) groups is 2. The molecule has 1 saturated heterocycles. The fourth-order valence-electron chi connectivity index (χ4n) is 2.10. The molecule has 1 aliphatic heterocycles. The van der Waals surface area contributed by atoms with Crippen molar-refractivity contribution in [2.45, 2.75) is 5.16 Å². The van der Waals surface area contributed by atoms with Crippen molar-refractivity contribution in [3.8, 4) is 5.69 Å². The molecule has 2 aromatic rings. The molecule has 22 heavy (non-hydrogen) atoms. The lowest BCUT2D eigenvalue weighted by Crippen LogP contribution is -2.32. The van der Waals surface area contributed by atoms with Gasteiger partial charge in [0, 0.05) is 34.9 Å². The molecule has 6 nitrogen and oxygen atoms in total. The van der Waals surface area contributed by atoms with Crippen LogP contribution in [0.5, 0.6) is 0 Å². The van der Waals surface area contributed by atoms with E-state index < -0.39 is 0 Å². The maximum atomic E-state index is 11.5. The summed E-state index contributed by atoms with van der Waals surface area (Å²) in [4.78, 5) is 28.5. The summed E-state index contributed by atoms with van der Waals surface area (Å²) < 4.78 is 2.99. The Bertz CT molecular complexity index is 685. The lowest BCUT2D eigenvalue weighted by molar-refractivity contribution is -0.124. The van der Waals surface area contributed by atoms with Gasteiger partial charge in [0.2, 0.25) is 5.91 Å². The van der Waals surface area contributed by atoms with E-state index in [1.807, 2.05) is 35.0 Å². The molecule has 0 spiro atoms. The SMILES string of the molecule is O=C1CNC(=O)N1CCSc1nccn1-c1ccc(Br)cc1. The quantitative estimate of drug-likeness (QED) is 0.638. The predicted molar refractivity (Wildman–Crippen MR) is 87.1 cm³/mol. The summed E-state index contributed by atoms with van der Waals surface area (Å²) in [5, 5.41) is 3.34. The number of imide groups is 1. The van der Waals surface area contributed by atoms with Gasteiger partial charge in [-0.05, 0) is 24.3 Å². The number of nitrogens with zero attached hydrogens (tertiary/aromatic N) is 3. The van der Waals surface area contributed by atoms with Gasteiger partial charge in [0.1, 0.15) is 0 Å². The number of hydrogen-bond donors (Lipinski definition) is 1. The lowest BCUT2D eigenvalue weighted by atomic mass is 10.3. The number of amides is 3. The van der Waals surface area contributed by atoms with Gasteiger partial charge in [0.05, 0.1) is 6.54 Å². The van der Waals surface area contributed by atoms with Crippen molar-refractivity contribution in [2.24, 2.45) is 0 Å². The van der Waals surface area contributed by atoms with Crippen LogP contribution in [0.4, 0.5) is 4.79 Å². The summed E-state index contributed by atoms with van der Waals surface area (Å²) in [5.41, 5.74) is 1.01. The number of rotatable bonds is 5. The highest BCUT2D eigenvalue weighted by molar-refractivity contribution is 9.10. The molecular weight excluding hydrogens is 368 g/mol. The second kappa shape index (κ2) is 6.53. The first kappa shape index (κ1) is 15.1.